The number of carbonyl (C=O) groups is 3. The normalized spacial score (nSPS) is 14.1. The molecule has 2 atom stereocenters. The molecule has 6 nitrogen and oxygen atoms in total. The van der Waals surface area contributed by atoms with Crippen molar-refractivity contribution in [2.45, 2.75) is 26.4 Å². The van der Waals surface area contributed by atoms with E-state index in [2.05, 4.69) is 10.6 Å². The number of Topliss-reactive ketones (excluding diaryl/α,β-unsaturated/α-hetero) is 1. The van der Waals surface area contributed by atoms with Crippen LogP contribution in [-0.4, -0.2) is 36.0 Å². The summed E-state index contributed by atoms with van der Waals surface area (Å²) in [5.74, 6) is -4.50. The Bertz CT molecular complexity index is 247. The molecule has 0 aliphatic rings. The third kappa shape index (κ3) is 4.07. The molecule has 15 heavy (non-hydrogen) atoms. The standard InChI is InChI=1S/C9H16N2O4/c1-4-6(10-3)11-8(13)7(5(2)12)9(14)15/h6-7,10H,4H2,1-3H3,(H,11,13)(H,14,15). The Morgan fingerprint density at radius 1 is 1.33 bits per heavy atom. The summed E-state index contributed by atoms with van der Waals surface area (Å²) in [6, 6.07) is 0. The van der Waals surface area contributed by atoms with E-state index in [0.717, 1.165) is 6.92 Å². The van der Waals surface area contributed by atoms with Crippen molar-refractivity contribution in [2.75, 3.05) is 7.05 Å². The smallest absolute Gasteiger partial charge is 0.323 e. The van der Waals surface area contributed by atoms with Crippen molar-refractivity contribution in [1.82, 2.24) is 10.6 Å². The SMILES string of the molecule is CCC(NC)NC(=O)C(C(C)=O)C(=O)O. The fourth-order valence-corrected chi connectivity index (χ4v) is 1.10. The van der Waals surface area contributed by atoms with E-state index in [1.807, 2.05) is 6.92 Å². The second-order valence-electron chi connectivity index (χ2n) is 3.14. The lowest BCUT2D eigenvalue weighted by Crippen LogP contribution is -2.48. The number of aliphatic carboxylic acids is 1. The van der Waals surface area contributed by atoms with Crippen LogP contribution in [0.3, 0.4) is 0 Å². The summed E-state index contributed by atoms with van der Waals surface area (Å²) in [5.41, 5.74) is 0. The van der Waals surface area contributed by atoms with Crippen molar-refractivity contribution in [2.24, 2.45) is 5.92 Å². The highest BCUT2D eigenvalue weighted by Gasteiger charge is 2.31. The third-order valence-electron chi connectivity index (χ3n) is 1.99. The van der Waals surface area contributed by atoms with Crippen LogP contribution in [-0.2, 0) is 14.4 Å². The van der Waals surface area contributed by atoms with Crippen molar-refractivity contribution in [1.29, 1.82) is 0 Å². The maximum atomic E-state index is 11.4. The molecule has 0 fully saturated rings. The molecule has 0 heterocycles. The minimum atomic E-state index is -1.62. The van der Waals surface area contributed by atoms with Gasteiger partial charge in [0.15, 0.2) is 11.7 Å². The highest BCUT2D eigenvalue weighted by Crippen LogP contribution is 2.00. The topological polar surface area (TPSA) is 95.5 Å². The van der Waals surface area contributed by atoms with Gasteiger partial charge in [-0.3, -0.25) is 14.4 Å². The first kappa shape index (κ1) is 13.6. The second-order valence-corrected chi connectivity index (χ2v) is 3.14. The predicted octanol–water partition coefficient (Wildman–Crippen LogP) is -0.652. The van der Waals surface area contributed by atoms with E-state index in [-0.39, 0.29) is 6.17 Å². The maximum Gasteiger partial charge on any atom is 0.323 e. The van der Waals surface area contributed by atoms with Gasteiger partial charge in [-0.05, 0) is 20.4 Å². The zero-order valence-corrected chi connectivity index (χ0v) is 9.03. The Morgan fingerprint density at radius 2 is 1.87 bits per heavy atom. The molecular formula is C9H16N2O4. The van der Waals surface area contributed by atoms with Gasteiger partial charge >= 0.3 is 5.97 Å². The lowest BCUT2D eigenvalue weighted by molar-refractivity contribution is -0.150. The van der Waals surface area contributed by atoms with Gasteiger partial charge < -0.3 is 15.7 Å². The Balaban J connectivity index is 4.52. The molecular weight excluding hydrogens is 200 g/mol. The molecule has 0 aromatic heterocycles. The monoisotopic (exact) mass is 216 g/mol. The van der Waals surface area contributed by atoms with Crippen molar-refractivity contribution in [3.05, 3.63) is 0 Å². The number of hydrogen-bond donors (Lipinski definition) is 3. The third-order valence-corrected chi connectivity index (χ3v) is 1.99. The average Bonchev–Trinajstić information content (AvgIpc) is 2.12. The van der Waals surface area contributed by atoms with Gasteiger partial charge in [0, 0.05) is 0 Å². The molecule has 0 aliphatic heterocycles. The van der Waals surface area contributed by atoms with Crippen LogP contribution in [0.2, 0.25) is 0 Å². The molecule has 0 spiro atoms. The first-order chi connectivity index (χ1) is 6.93. The van der Waals surface area contributed by atoms with Gasteiger partial charge in [0.1, 0.15) is 0 Å². The zero-order valence-electron chi connectivity index (χ0n) is 9.03. The van der Waals surface area contributed by atoms with Crippen LogP contribution < -0.4 is 10.6 Å². The Labute approximate surface area is 88.0 Å². The van der Waals surface area contributed by atoms with Gasteiger partial charge in [0.05, 0.1) is 6.17 Å². The fourth-order valence-electron chi connectivity index (χ4n) is 1.10. The first-order valence-electron chi connectivity index (χ1n) is 4.64. The van der Waals surface area contributed by atoms with Crippen molar-refractivity contribution >= 4 is 17.7 Å². The number of carboxylic acid groups (broad SMARTS) is 1. The van der Waals surface area contributed by atoms with Crippen LogP contribution in [0.25, 0.3) is 0 Å². The molecule has 1 amide bonds. The van der Waals surface area contributed by atoms with Crippen LogP contribution in [0.1, 0.15) is 20.3 Å². The van der Waals surface area contributed by atoms with E-state index in [1.165, 1.54) is 0 Å². The summed E-state index contributed by atoms with van der Waals surface area (Å²) in [6.07, 6.45) is 0.283. The fraction of sp³-hybridized carbons (Fsp3) is 0.667. The Morgan fingerprint density at radius 3 is 2.13 bits per heavy atom. The van der Waals surface area contributed by atoms with Crippen molar-refractivity contribution < 1.29 is 19.5 Å². The number of nitrogens with one attached hydrogen (secondary N) is 2. The molecule has 0 saturated heterocycles. The van der Waals surface area contributed by atoms with E-state index in [0.29, 0.717) is 6.42 Å². The largest absolute Gasteiger partial charge is 0.480 e. The van der Waals surface area contributed by atoms with Crippen LogP contribution >= 0.6 is 0 Å². The van der Waals surface area contributed by atoms with Crippen molar-refractivity contribution in [3.8, 4) is 0 Å². The molecule has 6 heteroatoms. The Hall–Kier alpha value is -1.43. The molecule has 86 valence electrons. The highest BCUT2D eigenvalue weighted by atomic mass is 16.4. The lowest BCUT2D eigenvalue weighted by Gasteiger charge is -2.17. The number of carboxylic acids is 1. The first-order valence-corrected chi connectivity index (χ1v) is 4.64. The molecule has 0 bridgehead atoms. The van der Waals surface area contributed by atoms with Crippen LogP contribution in [0.15, 0.2) is 0 Å². The second kappa shape index (κ2) is 6.13. The summed E-state index contributed by atoms with van der Waals surface area (Å²) in [4.78, 5) is 33.0. The summed E-state index contributed by atoms with van der Waals surface area (Å²) < 4.78 is 0. The summed E-state index contributed by atoms with van der Waals surface area (Å²) >= 11 is 0. The molecule has 0 radical (unpaired) electrons. The van der Waals surface area contributed by atoms with Crippen LogP contribution in [0.4, 0.5) is 0 Å². The van der Waals surface area contributed by atoms with E-state index >= 15 is 0 Å². The number of hydrogen-bond acceptors (Lipinski definition) is 4. The molecule has 0 aromatic rings. The minimum absolute atomic E-state index is 0.321. The van der Waals surface area contributed by atoms with E-state index in [1.54, 1.807) is 7.05 Å². The molecule has 0 aliphatic carbocycles. The molecule has 0 rings (SSSR count). The van der Waals surface area contributed by atoms with Gasteiger partial charge in [-0.1, -0.05) is 6.92 Å². The summed E-state index contributed by atoms with van der Waals surface area (Å²) in [6.45, 7) is 2.91. The van der Waals surface area contributed by atoms with Gasteiger partial charge in [-0.15, -0.1) is 0 Å². The van der Waals surface area contributed by atoms with Crippen molar-refractivity contribution in [3.63, 3.8) is 0 Å². The lowest BCUT2D eigenvalue weighted by atomic mass is 10.0. The zero-order chi connectivity index (χ0) is 12.0. The molecule has 0 saturated carbocycles. The van der Waals surface area contributed by atoms with Gasteiger partial charge in [-0.25, -0.2) is 0 Å². The van der Waals surface area contributed by atoms with E-state index in [4.69, 9.17) is 5.11 Å². The van der Waals surface area contributed by atoms with E-state index in [9.17, 15) is 14.4 Å². The minimum Gasteiger partial charge on any atom is -0.480 e. The predicted molar refractivity (Wildman–Crippen MR) is 53.1 cm³/mol. The maximum absolute atomic E-state index is 11.4. The van der Waals surface area contributed by atoms with Gasteiger partial charge in [-0.2, -0.15) is 0 Å². The van der Waals surface area contributed by atoms with Crippen LogP contribution in [0, 0.1) is 5.92 Å². The van der Waals surface area contributed by atoms with Crippen LogP contribution in [0.5, 0.6) is 0 Å². The quantitative estimate of drug-likeness (QED) is 0.405. The van der Waals surface area contributed by atoms with Gasteiger partial charge in [0.2, 0.25) is 5.91 Å². The van der Waals surface area contributed by atoms with Gasteiger partial charge in [0.25, 0.3) is 0 Å². The summed E-state index contributed by atoms with van der Waals surface area (Å²) in [5, 5.41) is 13.9. The summed E-state index contributed by atoms with van der Waals surface area (Å²) in [7, 11) is 1.64. The molecule has 3 N–H and O–H groups in total. The number of carbonyl (C=O) groups excluding carboxylic acids is 2. The molecule has 2 unspecified atom stereocenters. The van der Waals surface area contributed by atoms with E-state index < -0.39 is 23.6 Å². The molecule has 0 aromatic carbocycles. The number of ketones is 1. The number of amides is 1. The Kier molecular flexibility index (Phi) is 5.54. The average molecular weight is 216 g/mol. The number of rotatable bonds is 6. The highest BCUT2D eigenvalue weighted by molar-refractivity contribution is 6.15.